The van der Waals surface area contributed by atoms with Gasteiger partial charge >= 0.3 is 0 Å². The molecule has 0 saturated heterocycles. The number of rotatable bonds is 1. The number of carbonyl (C=O) groups excluding carboxylic acids is 1. The lowest BCUT2D eigenvalue weighted by molar-refractivity contribution is -0.137. The molecule has 0 aromatic heterocycles. The molecule has 19 heavy (non-hydrogen) atoms. The number of fused-ring (bicyclic) bond motifs is 2. The molecule has 1 atom stereocenters. The standard InChI is InChI=1S/C15H19NO3/c1-9(2)15(17)16-5-4-11-6-13-14(19-8-18-13)7-12(11)10(16)3/h6-7,9-10H,4-5,8H2,1-3H3. The van der Waals surface area contributed by atoms with Crippen LogP contribution in [0, 0.1) is 5.92 Å². The van der Waals surface area contributed by atoms with Gasteiger partial charge in [-0.25, -0.2) is 0 Å². The second kappa shape index (κ2) is 4.44. The van der Waals surface area contributed by atoms with Crippen molar-refractivity contribution in [2.45, 2.75) is 33.2 Å². The highest BCUT2D eigenvalue weighted by Crippen LogP contribution is 2.40. The Kier molecular flexibility index (Phi) is 2.88. The van der Waals surface area contributed by atoms with E-state index >= 15 is 0 Å². The van der Waals surface area contributed by atoms with E-state index in [-0.39, 0.29) is 17.9 Å². The zero-order valence-corrected chi connectivity index (χ0v) is 11.6. The SMILES string of the molecule is CC(C)C(=O)N1CCc2cc3c(cc2C1C)OCO3. The molecule has 102 valence electrons. The van der Waals surface area contributed by atoms with Gasteiger partial charge in [-0.3, -0.25) is 4.79 Å². The molecule has 1 amide bonds. The van der Waals surface area contributed by atoms with Gasteiger partial charge < -0.3 is 14.4 Å². The van der Waals surface area contributed by atoms with E-state index < -0.39 is 0 Å². The predicted octanol–water partition coefficient (Wildman–Crippen LogP) is 2.52. The number of hydrogen-bond acceptors (Lipinski definition) is 3. The van der Waals surface area contributed by atoms with Crippen molar-refractivity contribution in [3.8, 4) is 11.5 Å². The Bertz CT molecular complexity index is 524. The van der Waals surface area contributed by atoms with Crippen LogP contribution in [0.2, 0.25) is 0 Å². The normalized spacial score (nSPS) is 20.6. The molecule has 0 aliphatic carbocycles. The van der Waals surface area contributed by atoms with Crippen LogP contribution in [-0.4, -0.2) is 24.1 Å². The van der Waals surface area contributed by atoms with E-state index in [2.05, 4.69) is 13.0 Å². The average Bonchev–Trinajstić information content (AvgIpc) is 2.83. The van der Waals surface area contributed by atoms with Gasteiger partial charge in [0.2, 0.25) is 12.7 Å². The van der Waals surface area contributed by atoms with Crippen molar-refractivity contribution in [3.05, 3.63) is 23.3 Å². The van der Waals surface area contributed by atoms with E-state index in [1.54, 1.807) is 0 Å². The van der Waals surface area contributed by atoms with E-state index in [0.29, 0.717) is 6.79 Å². The second-order valence-electron chi connectivity index (χ2n) is 5.52. The Morgan fingerprint density at radius 3 is 2.68 bits per heavy atom. The highest BCUT2D eigenvalue weighted by molar-refractivity contribution is 5.79. The van der Waals surface area contributed by atoms with Crippen LogP contribution in [0.4, 0.5) is 0 Å². The van der Waals surface area contributed by atoms with Gasteiger partial charge in [0.25, 0.3) is 0 Å². The van der Waals surface area contributed by atoms with Crippen molar-refractivity contribution in [3.63, 3.8) is 0 Å². The molecule has 0 fully saturated rings. The van der Waals surface area contributed by atoms with Crippen molar-refractivity contribution in [2.24, 2.45) is 5.92 Å². The predicted molar refractivity (Wildman–Crippen MR) is 71.2 cm³/mol. The summed E-state index contributed by atoms with van der Waals surface area (Å²) in [5.74, 6) is 1.88. The summed E-state index contributed by atoms with van der Waals surface area (Å²) in [6.07, 6.45) is 0.884. The Morgan fingerprint density at radius 1 is 1.32 bits per heavy atom. The highest BCUT2D eigenvalue weighted by atomic mass is 16.7. The molecule has 1 aromatic rings. The molecule has 1 aromatic carbocycles. The van der Waals surface area contributed by atoms with Crippen LogP contribution < -0.4 is 9.47 Å². The summed E-state index contributed by atoms with van der Waals surface area (Å²) in [6, 6.07) is 4.20. The fourth-order valence-electron chi connectivity index (χ4n) is 2.84. The zero-order valence-electron chi connectivity index (χ0n) is 11.6. The molecule has 1 unspecified atom stereocenters. The number of nitrogens with zero attached hydrogens (tertiary/aromatic N) is 1. The quantitative estimate of drug-likeness (QED) is 0.779. The Balaban J connectivity index is 1.95. The van der Waals surface area contributed by atoms with Crippen molar-refractivity contribution in [1.82, 2.24) is 4.90 Å². The van der Waals surface area contributed by atoms with Crippen LogP contribution in [-0.2, 0) is 11.2 Å². The molecule has 0 radical (unpaired) electrons. The third kappa shape index (κ3) is 1.95. The first-order chi connectivity index (χ1) is 9.08. The first-order valence-electron chi connectivity index (χ1n) is 6.81. The smallest absolute Gasteiger partial charge is 0.231 e. The molecule has 3 rings (SSSR count). The summed E-state index contributed by atoms with van der Waals surface area (Å²) in [6.45, 7) is 7.06. The number of hydrogen-bond donors (Lipinski definition) is 0. The summed E-state index contributed by atoms with van der Waals surface area (Å²) in [5, 5.41) is 0. The zero-order chi connectivity index (χ0) is 13.6. The molecule has 2 aliphatic rings. The van der Waals surface area contributed by atoms with Crippen LogP contribution in [0.5, 0.6) is 11.5 Å². The van der Waals surface area contributed by atoms with Gasteiger partial charge in [0.15, 0.2) is 11.5 Å². The van der Waals surface area contributed by atoms with Crippen LogP contribution in [0.25, 0.3) is 0 Å². The van der Waals surface area contributed by atoms with Gasteiger partial charge in [0.1, 0.15) is 0 Å². The van der Waals surface area contributed by atoms with E-state index in [9.17, 15) is 4.79 Å². The first kappa shape index (κ1) is 12.3. The topological polar surface area (TPSA) is 38.8 Å². The maximum Gasteiger partial charge on any atom is 0.231 e. The largest absolute Gasteiger partial charge is 0.454 e. The van der Waals surface area contributed by atoms with Gasteiger partial charge in [-0.1, -0.05) is 13.8 Å². The van der Waals surface area contributed by atoms with Gasteiger partial charge in [0.05, 0.1) is 6.04 Å². The van der Waals surface area contributed by atoms with Crippen LogP contribution in [0.3, 0.4) is 0 Å². The van der Waals surface area contributed by atoms with Crippen LogP contribution >= 0.6 is 0 Å². The number of carbonyl (C=O) groups is 1. The molecule has 4 nitrogen and oxygen atoms in total. The van der Waals surface area contributed by atoms with Crippen molar-refractivity contribution in [2.75, 3.05) is 13.3 Å². The third-order valence-corrected chi connectivity index (χ3v) is 3.95. The van der Waals surface area contributed by atoms with E-state index in [1.165, 1.54) is 11.1 Å². The molecular formula is C15H19NO3. The minimum absolute atomic E-state index is 0.0398. The Hall–Kier alpha value is -1.71. The lowest BCUT2D eigenvalue weighted by Gasteiger charge is -2.36. The molecule has 0 bridgehead atoms. The molecule has 0 saturated carbocycles. The number of amides is 1. The van der Waals surface area contributed by atoms with Crippen LogP contribution in [0.15, 0.2) is 12.1 Å². The van der Waals surface area contributed by atoms with Gasteiger partial charge in [-0.05, 0) is 36.6 Å². The lowest BCUT2D eigenvalue weighted by Crippen LogP contribution is -2.40. The summed E-state index contributed by atoms with van der Waals surface area (Å²) in [5.41, 5.74) is 2.45. The van der Waals surface area contributed by atoms with E-state index in [0.717, 1.165) is 24.5 Å². The fourth-order valence-corrected chi connectivity index (χ4v) is 2.84. The van der Waals surface area contributed by atoms with Crippen molar-refractivity contribution < 1.29 is 14.3 Å². The molecule has 0 spiro atoms. The minimum atomic E-state index is 0.0398. The van der Waals surface area contributed by atoms with Gasteiger partial charge in [0, 0.05) is 12.5 Å². The van der Waals surface area contributed by atoms with Crippen LogP contribution in [0.1, 0.15) is 37.9 Å². The molecular weight excluding hydrogens is 242 g/mol. The maximum atomic E-state index is 12.2. The van der Waals surface area contributed by atoms with Gasteiger partial charge in [-0.2, -0.15) is 0 Å². The Morgan fingerprint density at radius 2 is 2.00 bits per heavy atom. The first-order valence-corrected chi connectivity index (χ1v) is 6.81. The minimum Gasteiger partial charge on any atom is -0.454 e. The summed E-state index contributed by atoms with van der Waals surface area (Å²) >= 11 is 0. The fraction of sp³-hybridized carbons (Fsp3) is 0.533. The molecule has 2 heterocycles. The number of ether oxygens (including phenoxy) is 2. The van der Waals surface area contributed by atoms with Crippen molar-refractivity contribution >= 4 is 5.91 Å². The molecule has 0 N–H and O–H groups in total. The lowest BCUT2D eigenvalue weighted by atomic mass is 9.92. The summed E-state index contributed by atoms with van der Waals surface area (Å²) < 4.78 is 10.8. The average molecular weight is 261 g/mol. The van der Waals surface area contributed by atoms with E-state index in [4.69, 9.17) is 9.47 Å². The second-order valence-corrected chi connectivity index (χ2v) is 5.52. The monoisotopic (exact) mass is 261 g/mol. The summed E-state index contributed by atoms with van der Waals surface area (Å²) in [7, 11) is 0. The van der Waals surface area contributed by atoms with E-state index in [1.807, 2.05) is 24.8 Å². The highest BCUT2D eigenvalue weighted by Gasteiger charge is 2.30. The molecule has 2 aliphatic heterocycles. The third-order valence-electron chi connectivity index (χ3n) is 3.95. The Labute approximate surface area is 113 Å². The maximum absolute atomic E-state index is 12.2. The molecule has 4 heteroatoms. The number of benzene rings is 1. The summed E-state index contributed by atoms with van der Waals surface area (Å²) in [4.78, 5) is 14.2. The van der Waals surface area contributed by atoms with Gasteiger partial charge in [-0.15, -0.1) is 0 Å². The van der Waals surface area contributed by atoms with Crippen molar-refractivity contribution in [1.29, 1.82) is 0 Å².